The van der Waals surface area contributed by atoms with Gasteiger partial charge in [-0.2, -0.15) is 5.10 Å². The van der Waals surface area contributed by atoms with Crippen molar-refractivity contribution in [3.05, 3.63) is 18.0 Å². The highest BCUT2D eigenvalue weighted by molar-refractivity contribution is 5.78. The Bertz CT molecular complexity index is 349. The molecule has 0 unspecified atom stereocenters. The molecule has 1 fully saturated rings. The summed E-state index contributed by atoms with van der Waals surface area (Å²) in [6, 6.07) is 1.80. The van der Waals surface area contributed by atoms with Crippen LogP contribution in [0.25, 0.3) is 0 Å². The van der Waals surface area contributed by atoms with Gasteiger partial charge < -0.3 is 10.0 Å². The number of aromatic nitrogens is 2. The highest BCUT2D eigenvalue weighted by Crippen LogP contribution is 2.21. The zero-order valence-electron chi connectivity index (χ0n) is 9.44. The number of likely N-dealkylation sites (tertiary alicyclic amines) is 1. The van der Waals surface area contributed by atoms with E-state index in [0.717, 1.165) is 5.69 Å². The van der Waals surface area contributed by atoms with Crippen molar-refractivity contribution in [1.82, 2.24) is 15.1 Å². The van der Waals surface area contributed by atoms with Crippen molar-refractivity contribution in [1.29, 1.82) is 0 Å². The minimum absolute atomic E-state index is 0.0970. The number of carbonyl (C=O) groups excluding carboxylic acids is 1. The van der Waals surface area contributed by atoms with Crippen LogP contribution in [-0.4, -0.2) is 44.8 Å². The minimum atomic E-state index is -0.606. The van der Waals surface area contributed by atoms with Crippen LogP contribution >= 0.6 is 0 Å². The maximum Gasteiger partial charge on any atom is 0.228 e. The summed E-state index contributed by atoms with van der Waals surface area (Å²) in [5.74, 6) is 0.0970. The van der Waals surface area contributed by atoms with E-state index in [1.807, 2.05) is 6.92 Å². The molecule has 0 bridgehead atoms. The number of carbonyl (C=O) groups is 1. The van der Waals surface area contributed by atoms with Gasteiger partial charge in [0.05, 0.1) is 12.0 Å². The molecule has 16 heavy (non-hydrogen) atoms. The Kier molecular flexibility index (Phi) is 2.96. The highest BCUT2D eigenvalue weighted by atomic mass is 16.3. The normalized spacial score (nSPS) is 19.8. The molecule has 2 heterocycles. The second kappa shape index (κ2) is 4.25. The van der Waals surface area contributed by atoms with E-state index in [0.29, 0.717) is 32.4 Å². The number of nitrogens with one attached hydrogen (secondary N) is 1. The largest absolute Gasteiger partial charge is 0.390 e. The zero-order chi connectivity index (χ0) is 11.6. The maximum absolute atomic E-state index is 11.9. The molecule has 0 radical (unpaired) electrons. The Balaban J connectivity index is 1.87. The molecule has 0 saturated carbocycles. The first-order chi connectivity index (χ1) is 7.57. The van der Waals surface area contributed by atoms with Crippen molar-refractivity contribution in [2.45, 2.75) is 31.8 Å². The average Bonchev–Trinajstić information content (AvgIpc) is 2.70. The van der Waals surface area contributed by atoms with E-state index in [1.165, 1.54) is 0 Å². The van der Waals surface area contributed by atoms with Crippen LogP contribution in [0.4, 0.5) is 0 Å². The van der Waals surface area contributed by atoms with Gasteiger partial charge in [0.1, 0.15) is 0 Å². The smallest absolute Gasteiger partial charge is 0.228 e. The first kappa shape index (κ1) is 11.1. The Morgan fingerprint density at radius 1 is 1.62 bits per heavy atom. The molecule has 1 saturated heterocycles. The summed E-state index contributed by atoms with van der Waals surface area (Å²) in [6.07, 6.45) is 3.31. The summed E-state index contributed by atoms with van der Waals surface area (Å²) in [5, 5.41) is 16.4. The lowest BCUT2D eigenvalue weighted by Crippen LogP contribution is -2.45. The van der Waals surface area contributed by atoms with Crippen LogP contribution in [0.3, 0.4) is 0 Å². The van der Waals surface area contributed by atoms with Gasteiger partial charge in [-0.25, -0.2) is 0 Å². The molecular formula is C11H17N3O2. The Morgan fingerprint density at radius 2 is 2.31 bits per heavy atom. The predicted molar refractivity (Wildman–Crippen MR) is 58.7 cm³/mol. The fourth-order valence-electron chi connectivity index (χ4n) is 1.90. The van der Waals surface area contributed by atoms with Gasteiger partial charge in [0, 0.05) is 25.0 Å². The maximum atomic E-state index is 11.9. The van der Waals surface area contributed by atoms with Gasteiger partial charge in [0.25, 0.3) is 0 Å². The van der Waals surface area contributed by atoms with E-state index in [-0.39, 0.29) is 5.91 Å². The highest BCUT2D eigenvalue weighted by Gasteiger charge is 2.29. The predicted octanol–water partition coefficient (Wildman–Crippen LogP) is 0.326. The Labute approximate surface area is 94.5 Å². The van der Waals surface area contributed by atoms with Crippen LogP contribution in [0.15, 0.2) is 12.3 Å². The summed E-state index contributed by atoms with van der Waals surface area (Å²) >= 11 is 0. The molecule has 0 aliphatic carbocycles. The number of amides is 1. The summed E-state index contributed by atoms with van der Waals surface area (Å²) in [6.45, 7) is 3.10. The molecule has 1 amide bonds. The summed E-state index contributed by atoms with van der Waals surface area (Å²) < 4.78 is 0. The number of hydrogen-bond donors (Lipinski definition) is 2. The van der Waals surface area contributed by atoms with Crippen molar-refractivity contribution < 1.29 is 9.90 Å². The summed E-state index contributed by atoms with van der Waals surface area (Å²) in [7, 11) is 0. The second-order valence-corrected chi connectivity index (χ2v) is 4.64. The molecule has 0 atom stereocenters. The van der Waals surface area contributed by atoms with Gasteiger partial charge >= 0.3 is 0 Å². The summed E-state index contributed by atoms with van der Waals surface area (Å²) in [4.78, 5) is 13.7. The van der Waals surface area contributed by atoms with Gasteiger partial charge in [0.2, 0.25) is 5.91 Å². The molecule has 88 valence electrons. The van der Waals surface area contributed by atoms with Crippen molar-refractivity contribution >= 4 is 5.91 Å². The van der Waals surface area contributed by atoms with Crippen molar-refractivity contribution in [2.24, 2.45) is 0 Å². The molecule has 5 nitrogen and oxygen atoms in total. The Hall–Kier alpha value is -1.36. The van der Waals surface area contributed by atoms with Crippen molar-refractivity contribution in [2.75, 3.05) is 13.1 Å². The van der Waals surface area contributed by atoms with Crippen LogP contribution in [0.1, 0.15) is 25.5 Å². The lowest BCUT2D eigenvalue weighted by atomic mass is 9.93. The molecule has 0 spiro atoms. The topological polar surface area (TPSA) is 69.2 Å². The van der Waals surface area contributed by atoms with Crippen molar-refractivity contribution in [3.8, 4) is 0 Å². The monoisotopic (exact) mass is 223 g/mol. The van der Waals surface area contributed by atoms with Gasteiger partial charge in [-0.15, -0.1) is 0 Å². The molecule has 5 heteroatoms. The van der Waals surface area contributed by atoms with Crippen LogP contribution in [0.5, 0.6) is 0 Å². The fourth-order valence-corrected chi connectivity index (χ4v) is 1.90. The van der Waals surface area contributed by atoms with E-state index < -0.39 is 5.60 Å². The van der Waals surface area contributed by atoms with Crippen LogP contribution in [-0.2, 0) is 11.2 Å². The number of aromatic amines is 1. The third kappa shape index (κ3) is 2.61. The molecular weight excluding hydrogens is 206 g/mol. The SMILES string of the molecule is CC1(O)CCN(C(=O)Cc2ccn[nH]2)CC1. The standard InChI is InChI=1S/C11H17N3O2/c1-11(16)3-6-14(7-4-11)10(15)8-9-2-5-12-13-9/h2,5,16H,3-4,6-8H2,1H3,(H,12,13). The van der Waals surface area contributed by atoms with E-state index in [9.17, 15) is 9.90 Å². The van der Waals surface area contributed by atoms with Gasteiger partial charge in [-0.3, -0.25) is 9.89 Å². The molecule has 2 N–H and O–H groups in total. The third-order valence-electron chi connectivity index (χ3n) is 3.09. The van der Waals surface area contributed by atoms with E-state index in [4.69, 9.17) is 0 Å². The Morgan fingerprint density at radius 3 is 2.88 bits per heavy atom. The lowest BCUT2D eigenvalue weighted by Gasteiger charge is -2.35. The fraction of sp³-hybridized carbons (Fsp3) is 0.636. The number of aliphatic hydroxyl groups is 1. The zero-order valence-corrected chi connectivity index (χ0v) is 9.44. The van der Waals surface area contributed by atoms with Gasteiger partial charge in [-0.05, 0) is 25.8 Å². The average molecular weight is 223 g/mol. The number of nitrogens with zero attached hydrogens (tertiary/aromatic N) is 2. The van der Waals surface area contributed by atoms with Crippen molar-refractivity contribution in [3.63, 3.8) is 0 Å². The third-order valence-corrected chi connectivity index (χ3v) is 3.09. The molecule has 1 aromatic rings. The second-order valence-electron chi connectivity index (χ2n) is 4.64. The van der Waals surface area contributed by atoms with E-state index in [2.05, 4.69) is 10.2 Å². The molecule has 1 aromatic heterocycles. The first-order valence-corrected chi connectivity index (χ1v) is 5.55. The molecule has 0 aromatic carbocycles. The number of H-pyrrole nitrogens is 1. The first-order valence-electron chi connectivity index (χ1n) is 5.55. The van der Waals surface area contributed by atoms with Crippen LogP contribution in [0, 0.1) is 0 Å². The van der Waals surface area contributed by atoms with E-state index >= 15 is 0 Å². The number of rotatable bonds is 2. The number of piperidine rings is 1. The lowest BCUT2D eigenvalue weighted by molar-refractivity contribution is -0.134. The number of hydrogen-bond acceptors (Lipinski definition) is 3. The van der Waals surface area contributed by atoms with Gasteiger partial charge in [-0.1, -0.05) is 0 Å². The molecule has 1 aliphatic rings. The van der Waals surface area contributed by atoms with Crippen LogP contribution in [0.2, 0.25) is 0 Å². The minimum Gasteiger partial charge on any atom is -0.390 e. The van der Waals surface area contributed by atoms with Crippen LogP contribution < -0.4 is 0 Å². The molecule has 1 aliphatic heterocycles. The molecule has 2 rings (SSSR count). The van der Waals surface area contributed by atoms with Gasteiger partial charge in [0.15, 0.2) is 0 Å². The summed E-state index contributed by atoms with van der Waals surface area (Å²) in [5.41, 5.74) is 0.229. The quantitative estimate of drug-likeness (QED) is 0.759. The van der Waals surface area contributed by atoms with E-state index in [1.54, 1.807) is 17.2 Å².